The number of hydrogen-bond acceptors (Lipinski definition) is 5. The van der Waals surface area contributed by atoms with Gasteiger partial charge in [-0.15, -0.1) is 0 Å². The number of methoxy groups -OCH3 is 2. The van der Waals surface area contributed by atoms with Crippen molar-refractivity contribution in [3.63, 3.8) is 0 Å². The van der Waals surface area contributed by atoms with Gasteiger partial charge in [0.2, 0.25) is 0 Å². The summed E-state index contributed by atoms with van der Waals surface area (Å²) in [6, 6.07) is 3.46. The second-order valence-electron chi connectivity index (χ2n) is 6.50. The summed E-state index contributed by atoms with van der Waals surface area (Å²) in [7, 11) is 3.13. The zero-order valence-corrected chi connectivity index (χ0v) is 17.3. The Bertz CT molecular complexity index is 745. The molecule has 3 rings (SSSR count). The molecule has 0 radical (unpaired) electrons. The Kier molecular flexibility index (Phi) is 6.48. The van der Waals surface area contributed by atoms with Gasteiger partial charge in [-0.2, -0.15) is 0 Å². The van der Waals surface area contributed by atoms with E-state index in [1.54, 1.807) is 37.3 Å². The highest BCUT2D eigenvalue weighted by atomic mass is 35.5. The molecule has 1 aliphatic carbocycles. The molecule has 1 aliphatic heterocycles. The SMILES string of the molecule is COc1cc(Cl)c(/C=C2/SC(=S)N(CCC3CCCC3)C2=O)cc1OC. The van der Waals surface area contributed by atoms with Crippen molar-refractivity contribution in [2.24, 2.45) is 5.92 Å². The highest BCUT2D eigenvalue weighted by molar-refractivity contribution is 8.26. The van der Waals surface area contributed by atoms with Gasteiger partial charge in [-0.05, 0) is 30.0 Å². The lowest BCUT2D eigenvalue weighted by Gasteiger charge is -2.17. The van der Waals surface area contributed by atoms with Crippen molar-refractivity contribution in [3.05, 3.63) is 27.6 Å². The number of nitrogens with zero attached hydrogens (tertiary/aromatic N) is 1. The third kappa shape index (κ3) is 4.18. The molecule has 2 aliphatic rings. The van der Waals surface area contributed by atoms with E-state index >= 15 is 0 Å². The monoisotopic (exact) mass is 411 g/mol. The van der Waals surface area contributed by atoms with E-state index in [1.165, 1.54) is 37.4 Å². The number of rotatable bonds is 6. The van der Waals surface area contributed by atoms with Gasteiger partial charge < -0.3 is 9.47 Å². The van der Waals surface area contributed by atoms with Crippen molar-refractivity contribution in [1.29, 1.82) is 0 Å². The molecular weight excluding hydrogens is 390 g/mol. The van der Waals surface area contributed by atoms with E-state index in [4.69, 9.17) is 33.3 Å². The third-order valence-electron chi connectivity index (χ3n) is 4.90. The van der Waals surface area contributed by atoms with Crippen LogP contribution in [-0.2, 0) is 4.79 Å². The molecule has 0 spiro atoms. The van der Waals surface area contributed by atoms with Crippen LogP contribution in [0.3, 0.4) is 0 Å². The molecular formula is C19H22ClNO3S2. The molecule has 1 saturated carbocycles. The minimum atomic E-state index is -0.0381. The molecule has 2 fully saturated rings. The van der Waals surface area contributed by atoms with Crippen molar-refractivity contribution in [1.82, 2.24) is 4.90 Å². The molecule has 0 unspecified atom stereocenters. The van der Waals surface area contributed by atoms with Crippen LogP contribution in [0.2, 0.25) is 5.02 Å². The van der Waals surface area contributed by atoms with Gasteiger partial charge in [0.15, 0.2) is 11.5 Å². The minimum Gasteiger partial charge on any atom is -0.493 e. The molecule has 0 bridgehead atoms. The lowest BCUT2D eigenvalue weighted by atomic mass is 10.0. The molecule has 1 saturated heterocycles. The number of thioether (sulfide) groups is 1. The van der Waals surface area contributed by atoms with Gasteiger partial charge in [-0.3, -0.25) is 9.69 Å². The molecule has 1 amide bonds. The van der Waals surface area contributed by atoms with Crippen LogP contribution in [0.4, 0.5) is 0 Å². The van der Waals surface area contributed by atoms with Crippen LogP contribution in [0.5, 0.6) is 11.5 Å². The van der Waals surface area contributed by atoms with E-state index in [0.29, 0.717) is 37.9 Å². The summed E-state index contributed by atoms with van der Waals surface area (Å²) in [5.74, 6) is 1.81. The summed E-state index contributed by atoms with van der Waals surface area (Å²) in [6.07, 6.45) is 7.95. The first-order valence-electron chi connectivity index (χ1n) is 8.70. The number of hydrogen-bond donors (Lipinski definition) is 0. The molecule has 1 aromatic carbocycles. The van der Waals surface area contributed by atoms with E-state index in [1.807, 2.05) is 0 Å². The van der Waals surface area contributed by atoms with Crippen LogP contribution in [0, 0.1) is 5.92 Å². The summed E-state index contributed by atoms with van der Waals surface area (Å²) in [4.78, 5) is 15.1. The van der Waals surface area contributed by atoms with Gasteiger partial charge >= 0.3 is 0 Å². The number of thiocarbonyl (C=S) groups is 1. The number of amides is 1. The first kappa shape index (κ1) is 19.5. The average molecular weight is 412 g/mol. The van der Waals surface area contributed by atoms with Gasteiger partial charge in [0.25, 0.3) is 5.91 Å². The average Bonchev–Trinajstić information content (AvgIpc) is 3.23. The topological polar surface area (TPSA) is 38.8 Å². The maximum absolute atomic E-state index is 12.8. The first-order valence-corrected chi connectivity index (χ1v) is 10.3. The fraction of sp³-hybridized carbons (Fsp3) is 0.474. The predicted octanol–water partition coefficient (Wildman–Crippen LogP) is 5.14. The van der Waals surface area contributed by atoms with E-state index in [0.717, 1.165) is 12.3 Å². The van der Waals surface area contributed by atoms with Crippen LogP contribution >= 0.6 is 35.6 Å². The molecule has 0 atom stereocenters. The molecule has 4 nitrogen and oxygen atoms in total. The number of carbonyl (C=O) groups is 1. The Hall–Kier alpha value is -1.24. The Morgan fingerprint density at radius 3 is 2.58 bits per heavy atom. The lowest BCUT2D eigenvalue weighted by Crippen LogP contribution is -2.30. The second-order valence-corrected chi connectivity index (χ2v) is 8.58. The molecule has 7 heteroatoms. The number of benzene rings is 1. The highest BCUT2D eigenvalue weighted by Gasteiger charge is 2.32. The minimum absolute atomic E-state index is 0.0381. The summed E-state index contributed by atoms with van der Waals surface area (Å²) < 4.78 is 11.2. The summed E-state index contributed by atoms with van der Waals surface area (Å²) in [5, 5.41) is 0.499. The van der Waals surface area contributed by atoms with Crippen LogP contribution in [0.25, 0.3) is 6.08 Å². The zero-order valence-electron chi connectivity index (χ0n) is 14.9. The summed E-state index contributed by atoms with van der Waals surface area (Å²) in [6.45, 7) is 0.701. The van der Waals surface area contributed by atoms with Gasteiger partial charge in [0.05, 0.1) is 24.1 Å². The third-order valence-corrected chi connectivity index (χ3v) is 6.60. The van der Waals surface area contributed by atoms with E-state index in [-0.39, 0.29) is 5.91 Å². The molecule has 1 aromatic rings. The van der Waals surface area contributed by atoms with Crippen molar-refractivity contribution in [3.8, 4) is 11.5 Å². The van der Waals surface area contributed by atoms with Gasteiger partial charge in [-0.25, -0.2) is 0 Å². The Labute approximate surface area is 168 Å². The van der Waals surface area contributed by atoms with Crippen LogP contribution in [-0.4, -0.2) is 35.9 Å². The van der Waals surface area contributed by atoms with E-state index in [2.05, 4.69) is 0 Å². The van der Waals surface area contributed by atoms with Crippen LogP contribution in [0.15, 0.2) is 17.0 Å². The smallest absolute Gasteiger partial charge is 0.266 e. The molecule has 1 heterocycles. The van der Waals surface area contributed by atoms with Crippen molar-refractivity contribution in [2.45, 2.75) is 32.1 Å². The normalized spacial score (nSPS) is 19.7. The molecule has 140 valence electrons. The second kappa shape index (κ2) is 8.63. The Morgan fingerprint density at radius 2 is 1.92 bits per heavy atom. The maximum Gasteiger partial charge on any atom is 0.266 e. The zero-order chi connectivity index (χ0) is 18.7. The van der Waals surface area contributed by atoms with Gasteiger partial charge in [-0.1, -0.05) is 61.3 Å². The largest absolute Gasteiger partial charge is 0.493 e. The summed E-state index contributed by atoms with van der Waals surface area (Å²) in [5.41, 5.74) is 0.709. The van der Waals surface area contributed by atoms with Crippen LogP contribution in [0.1, 0.15) is 37.7 Å². The van der Waals surface area contributed by atoms with Crippen molar-refractivity contribution < 1.29 is 14.3 Å². The van der Waals surface area contributed by atoms with E-state index < -0.39 is 0 Å². The van der Waals surface area contributed by atoms with Gasteiger partial charge in [0.1, 0.15) is 4.32 Å². The van der Waals surface area contributed by atoms with Crippen molar-refractivity contribution in [2.75, 3.05) is 20.8 Å². The molecule has 0 N–H and O–H groups in total. The van der Waals surface area contributed by atoms with Gasteiger partial charge in [0, 0.05) is 12.6 Å². The maximum atomic E-state index is 12.8. The lowest BCUT2D eigenvalue weighted by molar-refractivity contribution is -0.122. The Morgan fingerprint density at radius 1 is 1.27 bits per heavy atom. The number of carbonyl (C=O) groups excluding carboxylic acids is 1. The molecule has 0 aromatic heterocycles. The fourth-order valence-electron chi connectivity index (χ4n) is 3.43. The summed E-state index contributed by atoms with van der Waals surface area (Å²) >= 11 is 13.1. The fourth-order valence-corrected chi connectivity index (χ4v) is 4.93. The molecule has 26 heavy (non-hydrogen) atoms. The van der Waals surface area contributed by atoms with Crippen LogP contribution < -0.4 is 9.47 Å². The number of halogens is 1. The predicted molar refractivity (Wildman–Crippen MR) is 111 cm³/mol. The standard InChI is InChI=1S/C19H22ClNO3S2/c1-23-15-9-13(14(20)11-16(15)24-2)10-17-18(22)21(19(25)26-17)8-7-12-5-3-4-6-12/h9-12H,3-8H2,1-2H3/b17-10+. The first-order chi connectivity index (χ1) is 12.5. The number of ether oxygens (including phenoxy) is 2. The van der Waals surface area contributed by atoms with Crippen molar-refractivity contribution >= 4 is 51.9 Å². The quantitative estimate of drug-likeness (QED) is 0.478. The van der Waals surface area contributed by atoms with E-state index in [9.17, 15) is 4.79 Å². The highest BCUT2D eigenvalue weighted by Crippen LogP contribution is 2.38. The Balaban J connectivity index is 1.77.